The van der Waals surface area contributed by atoms with Crippen LogP contribution < -0.4 is 5.32 Å². The third-order valence-electron chi connectivity index (χ3n) is 2.54. The number of hydrogen-bond donors (Lipinski definition) is 2. The van der Waals surface area contributed by atoms with Crippen molar-refractivity contribution in [2.45, 2.75) is 12.5 Å². The molecule has 1 atom stereocenters. The summed E-state index contributed by atoms with van der Waals surface area (Å²) in [4.78, 5) is 23.0. The molecule has 1 fully saturated rings. The molecule has 0 aromatic heterocycles. The fourth-order valence-corrected chi connectivity index (χ4v) is 2.94. The molecule has 0 saturated carbocycles. The maximum absolute atomic E-state index is 11.6. The number of amides is 2. The summed E-state index contributed by atoms with van der Waals surface area (Å²) < 4.78 is 35.6. The van der Waals surface area contributed by atoms with Gasteiger partial charge in [0.2, 0.25) is 5.91 Å². The first-order valence-corrected chi connectivity index (χ1v) is 7.84. The summed E-state index contributed by atoms with van der Waals surface area (Å²) in [6.07, 6.45) is 0.00263. The van der Waals surface area contributed by atoms with Crippen LogP contribution in [-0.4, -0.2) is 83.6 Å². The third kappa shape index (κ3) is 4.37. The van der Waals surface area contributed by atoms with Crippen molar-refractivity contribution in [3.8, 4) is 0 Å². The number of nitrogens with one attached hydrogen (secondary N) is 1. The zero-order chi connectivity index (χ0) is 14.0. The Hall–Kier alpha value is -0.260. The summed E-state index contributed by atoms with van der Waals surface area (Å²) in [6, 6.07) is -0.911. The number of ether oxygens (including phenoxy) is 1. The average molecular weight is 332 g/mol. The Balaban J connectivity index is 0.00000200. The van der Waals surface area contributed by atoms with Gasteiger partial charge in [0.05, 0.1) is 19.6 Å². The Morgan fingerprint density at radius 1 is 1.60 bits per heavy atom. The van der Waals surface area contributed by atoms with E-state index in [-0.39, 0.29) is 42.5 Å². The fraction of sp³-hybridized carbons (Fsp3) is 0.556. The van der Waals surface area contributed by atoms with Gasteiger partial charge in [-0.25, -0.2) is 4.31 Å². The summed E-state index contributed by atoms with van der Waals surface area (Å²) in [6.45, 7) is 0.279. The third-order valence-corrected chi connectivity index (χ3v) is 4.26. The number of carbonyl (C=O) groups excluding carboxylic acids is 2. The van der Waals surface area contributed by atoms with E-state index in [1.807, 2.05) is 0 Å². The van der Waals surface area contributed by atoms with E-state index >= 15 is 0 Å². The molecular formula is C9H13N2NaO6S2. The number of rotatable bonds is 4. The zero-order valence-corrected chi connectivity index (χ0v) is 11.4. The van der Waals surface area contributed by atoms with E-state index in [2.05, 4.69) is 5.32 Å². The van der Waals surface area contributed by atoms with Gasteiger partial charge in [-0.05, 0) is 0 Å². The number of thioether (sulfide) groups is 1. The summed E-state index contributed by atoms with van der Waals surface area (Å²) in [7, 11) is -4.52. The van der Waals surface area contributed by atoms with Crippen LogP contribution in [-0.2, 0) is 24.6 Å². The molecule has 0 aliphatic carbocycles. The second-order valence-electron chi connectivity index (χ2n) is 3.95. The normalized spacial score (nSPS) is 22.1. The first kappa shape index (κ1) is 17.8. The van der Waals surface area contributed by atoms with Gasteiger partial charge in [0.25, 0.3) is 5.91 Å². The zero-order valence-electron chi connectivity index (χ0n) is 9.74. The molecule has 0 radical (unpaired) electrons. The predicted octanol–water partition coefficient (Wildman–Crippen LogP) is -1.54. The molecule has 2 heterocycles. The van der Waals surface area contributed by atoms with Crippen LogP contribution in [0.1, 0.15) is 6.42 Å². The summed E-state index contributed by atoms with van der Waals surface area (Å²) >= 11 is 1.53. The van der Waals surface area contributed by atoms with E-state index in [1.54, 1.807) is 5.41 Å². The minimum atomic E-state index is -4.52. The molecule has 0 aromatic carbocycles. The Labute approximate surface area is 142 Å². The molecule has 2 aliphatic rings. The van der Waals surface area contributed by atoms with Gasteiger partial charge < -0.3 is 10.1 Å². The standard InChI is InChI=1S/C9H12N2O6S2.Na.H/c12-8(3-6-5-18-2-1-17-6)10-7-4-11(9(7)13)19(14,15)16;;/h5,7H,1-4H2,(H,10,12)(H,14,15,16);;. The van der Waals surface area contributed by atoms with Crippen LogP contribution in [0.25, 0.3) is 0 Å². The maximum atomic E-state index is 11.6. The topological polar surface area (TPSA) is 113 Å². The van der Waals surface area contributed by atoms with E-state index in [0.29, 0.717) is 16.7 Å². The van der Waals surface area contributed by atoms with Gasteiger partial charge in [0.1, 0.15) is 11.8 Å². The number of hydrogen-bond acceptors (Lipinski definition) is 6. The molecule has 2 rings (SSSR count). The van der Waals surface area contributed by atoms with Gasteiger partial charge in [0.15, 0.2) is 0 Å². The van der Waals surface area contributed by atoms with Crippen molar-refractivity contribution in [3.63, 3.8) is 0 Å². The van der Waals surface area contributed by atoms with Crippen molar-refractivity contribution in [1.29, 1.82) is 0 Å². The van der Waals surface area contributed by atoms with Gasteiger partial charge in [-0.1, -0.05) is 0 Å². The molecule has 2 aliphatic heterocycles. The van der Waals surface area contributed by atoms with Crippen LogP contribution in [0.3, 0.4) is 0 Å². The predicted molar refractivity (Wildman–Crippen MR) is 73.5 cm³/mol. The van der Waals surface area contributed by atoms with Gasteiger partial charge in [0, 0.05) is 11.2 Å². The van der Waals surface area contributed by atoms with Crippen LogP contribution >= 0.6 is 11.8 Å². The van der Waals surface area contributed by atoms with Gasteiger partial charge in [-0.3, -0.25) is 14.1 Å². The Morgan fingerprint density at radius 2 is 2.30 bits per heavy atom. The quantitative estimate of drug-likeness (QED) is 0.364. The number of nitrogens with zero attached hydrogens (tertiary/aromatic N) is 1. The fourth-order valence-electron chi connectivity index (χ4n) is 1.61. The monoisotopic (exact) mass is 332 g/mol. The number of β-lactam (4-membered cyclic amide) rings is 1. The van der Waals surface area contributed by atoms with E-state index < -0.39 is 28.2 Å². The van der Waals surface area contributed by atoms with E-state index in [0.717, 1.165) is 5.75 Å². The van der Waals surface area contributed by atoms with Crippen LogP contribution in [0.2, 0.25) is 0 Å². The summed E-state index contributed by atoms with van der Waals surface area (Å²) in [5.41, 5.74) is 0. The van der Waals surface area contributed by atoms with Crippen LogP contribution in [0.15, 0.2) is 11.2 Å². The molecule has 0 bridgehead atoms. The SMILES string of the molecule is O=C(CC1=CSCCO1)NC1CN(S(=O)(=O)O)C1=O.[NaH]. The van der Waals surface area contributed by atoms with E-state index in [9.17, 15) is 18.0 Å². The second-order valence-corrected chi connectivity index (χ2v) is 6.26. The van der Waals surface area contributed by atoms with Crippen molar-refractivity contribution in [3.05, 3.63) is 11.2 Å². The van der Waals surface area contributed by atoms with Crippen molar-refractivity contribution in [2.24, 2.45) is 0 Å². The van der Waals surface area contributed by atoms with Crippen molar-refractivity contribution in [2.75, 3.05) is 18.9 Å². The molecule has 0 aromatic rings. The average Bonchev–Trinajstić information content (AvgIpc) is 2.33. The number of carbonyl (C=O) groups is 2. The molecule has 2 N–H and O–H groups in total. The molecule has 2 amide bonds. The molecule has 8 nitrogen and oxygen atoms in total. The molecule has 20 heavy (non-hydrogen) atoms. The van der Waals surface area contributed by atoms with E-state index in [1.165, 1.54) is 11.8 Å². The van der Waals surface area contributed by atoms with Crippen molar-refractivity contribution in [1.82, 2.24) is 9.62 Å². The van der Waals surface area contributed by atoms with Gasteiger partial charge in [-0.2, -0.15) is 8.42 Å². The Bertz CT molecular complexity index is 535. The Kier molecular flexibility index (Phi) is 6.35. The van der Waals surface area contributed by atoms with Crippen LogP contribution in [0.4, 0.5) is 0 Å². The van der Waals surface area contributed by atoms with E-state index in [4.69, 9.17) is 9.29 Å². The molecule has 1 unspecified atom stereocenters. The first-order chi connectivity index (χ1) is 8.88. The first-order valence-electron chi connectivity index (χ1n) is 5.40. The minimum absolute atomic E-state index is 0. The summed E-state index contributed by atoms with van der Waals surface area (Å²) in [5.74, 6) is 0.0771. The molecule has 0 spiro atoms. The van der Waals surface area contributed by atoms with Gasteiger partial charge >= 0.3 is 39.9 Å². The van der Waals surface area contributed by atoms with Crippen LogP contribution in [0.5, 0.6) is 0 Å². The second kappa shape index (κ2) is 7.14. The molecule has 108 valence electrons. The van der Waals surface area contributed by atoms with Crippen LogP contribution in [0, 0.1) is 0 Å². The molecular weight excluding hydrogens is 319 g/mol. The molecule has 11 heteroatoms. The molecule has 1 saturated heterocycles. The van der Waals surface area contributed by atoms with Crippen molar-refractivity contribution >= 4 is 63.4 Å². The Morgan fingerprint density at radius 3 is 2.80 bits per heavy atom. The summed E-state index contributed by atoms with van der Waals surface area (Å²) in [5, 5.41) is 4.11. The van der Waals surface area contributed by atoms with Crippen molar-refractivity contribution < 1.29 is 27.3 Å². The van der Waals surface area contributed by atoms with Gasteiger partial charge in [-0.15, -0.1) is 11.8 Å².